The van der Waals surface area contributed by atoms with Gasteiger partial charge in [0.05, 0.1) is 9.50 Å². The van der Waals surface area contributed by atoms with Crippen molar-refractivity contribution in [2.45, 2.75) is 5.33 Å². The quantitative estimate of drug-likeness (QED) is 0.463. The molecule has 94 valence electrons. The molecule has 2 aromatic rings. The lowest BCUT2D eigenvalue weighted by atomic mass is 10.2. The van der Waals surface area contributed by atoms with Crippen LogP contribution in [0.2, 0.25) is 5.02 Å². The highest BCUT2D eigenvalue weighted by Crippen LogP contribution is 2.33. The molecule has 0 aromatic heterocycles. The van der Waals surface area contributed by atoms with Gasteiger partial charge in [0.15, 0.2) is 0 Å². The van der Waals surface area contributed by atoms with E-state index in [-0.39, 0.29) is 5.02 Å². The molecule has 0 amide bonds. The largest absolute Gasteiger partial charge is 0.456 e. The predicted molar refractivity (Wildman–Crippen MR) is 78.3 cm³/mol. The minimum atomic E-state index is -0.507. The van der Waals surface area contributed by atoms with Crippen LogP contribution in [-0.4, -0.2) is 0 Å². The van der Waals surface area contributed by atoms with E-state index in [1.807, 2.05) is 24.3 Å². The van der Waals surface area contributed by atoms with Gasteiger partial charge in [0.2, 0.25) is 0 Å². The summed E-state index contributed by atoms with van der Waals surface area (Å²) in [5, 5.41) is 0.843. The summed E-state index contributed by atoms with van der Waals surface area (Å²) in [6, 6.07) is 10.3. The van der Waals surface area contributed by atoms with E-state index < -0.39 is 5.82 Å². The number of hydrogen-bond donors (Lipinski definition) is 0. The van der Waals surface area contributed by atoms with Crippen molar-refractivity contribution < 1.29 is 9.13 Å². The molecule has 0 bridgehead atoms. The van der Waals surface area contributed by atoms with Crippen molar-refractivity contribution in [3.05, 3.63) is 57.3 Å². The summed E-state index contributed by atoms with van der Waals surface area (Å²) >= 11 is 12.3. The third-order valence-electron chi connectivity index (χ3n) is 2.28. The maximum Gasteiger partial charge on any atom is 0.145 e. The Bertz CT molecular complexity index is 558. The fraction of sp³-hybridized carbons (Fsp3) is 0.0769. The number of alkyl halides is 1. The Hall–Kier alpha value is -0.580. The average molecular weight is 394 g/mol. The Morgan fingerprint density at radius 1 is 1.17 bits per heavy atom. The highest BCUT2D eigenvalue weighted by Gasteiger charge is 2.08. The molecule has 18 heavy (non-hydrogen) atoms. The molecule has 0 saturated heterocycles. The number of hydrogen-bond acceptors (Lipinski definition) is 1. The molecule has 0 spiro atoms. The van der Waals surface area contributed by atoms with Gasteiger partial charge in [-0.15, -0.1) is 0 Å². The monoisotopic (exact) mass is 392 g/mol. The fourth-order valence-corrected chi connectivity index (χ4v) is 2.45. The fourth-order valence-electron chi connectivity index (χ4n) is 1.36. The van der Waals surface area contributed by atoms with Gasteiger partial charge in [-0.1, -0.05) is 39.7 Å². The highest BCUT2D eigenvalue weighted by atomic mass is 79.9. The molecule has 1 nitrogen and oxygen atoms in total. The van der Waals surface area contributed by atoms with E-state index in [0.717, 1.165) is 10.9 Å². The van der Waals surface area contributed by atoms with E-state index in [1.54, 1.807) is 0 Å². The SMILES string of the molecule is Fc1cc(Oc2ccc(CBr)cc2)c(Br)cc1Cl. The zero-order valence-electron chi connectivity index (χ0n) is 9.09. The molecule has 5 heteroatoms. The van der Waals surface area contributed by atoms with Crippen LogP contribution in [0.25, 0.3) is 0 Å². The van der Waals surface area contributed by atoms with Crippen molar-refractivity contribution in [2.75, 3.05) is 0 Å². The minimum absolute atomic E-state index is 0.0591. The Morgan fingerprint density at radius 2 is 1.83 bits per heavy atom. The van der Waals surface area contributed by atoms with Gasteiger partial charge in [-0.2, -0.15) is 0 Å². The van der Waals surface area contributed by atoms with E-state index in [4.69, 9.17) is 16.3 Å². The predicted octanol–water partition coefficient (Wildman–Crippen LogP) is 5.93. The molecule has 0 saturated carbocycles. The second-order valence-corrected chi connectivity index (χ2v) is 5.40. The van der Waals surface area contributed by atoms with Crippen molar-refractivity contribution in [3.8, 4) is 11.5 Å². The molecule has 0 unspecified atom stereocenters. The van der Waals surface area contributed by atoms with Gasteiger partial charge in [0.1, 0.15) is 17.3 Å². The summed E-state index contributed by atoms with van der Waals surface area (Å²) in [5.41, 5.74) is 1.14. The molecule has 0 aliphatic carbocycles. The summed E-state index contributed by atoms with van der Waals surface area (Å²) in [7, 11) is 0. The summed E-state index contributed by atoms with van der Waals surface area (Å²) in [6.45, 7) is 0. The lowest BCUT2D eigenvalue weighted by molar-refractivity contribution is 0.473. The first-order valence-electron chi connectivity index (χ1n) is 5.07. The molecule has 0 atom stereocenters. The zero-order valence-corrected chi connectivity index (χ0v) is 13.0. The Labute approximate surface area is 126 Å². The molecule has 0 N–H and O–H groups in total. The van der Waals surface area contributed by atoms with Crippen LogP contribution in [0.1, 0.15) is 5.56 Å². The molecule has 0 aliphatic rings. The summed E-state index contributed by atoms with van der Waals surface area (Å²) in [5.74, 6) is 0.526. The molecule has 0 aliphatic heterocycles. The molecule has 0 fully saturated rings. The third kappa shape index (κ3) is 3.25. The first-order chi connectivity index (χ1) is 8.60. The van der Waals surface area contributed by atoms with E-state index in [1.165, 1.54) is 12.1 Å². The summed E-state index contributed by atoms with van der Waals surface area (Å²) < 4.78 is 19.5. The van der Waals surface area contributed by atoms with Crippen molar-refractivity contribution >= 4 is 43.5 Å². The molecular formula is C13H8Br2ClFO. The van der Waals surface area contributed by atoms with Gasteiger partial charge in [-0.3, -0.25) is 0 Å². The maximum atomic E-state index is 13.3. The average Bonchev–Trinajstić information content (AvgIpc) is 2.37. The van der Waals surface area contributed by atoms with Gasteiger partial charge in [-0.25, -0.2) is 4.39 Å². The first-order valence-corrected chi connectivity index (χ1v) is 7.36. The summed E-state index contributed by atoms with van der Waals surface area (Å²) in [4.78, 5) is 0. The van der Waals surface area contributed by atoms with Crippen LogP contribution in [0.15, 0.2) is 40.9 Å². The molecule has 2 rings (SSSR count). The second-order valence-electron chi connectivity index (χ2n) is 3.58. The lowest BCUT2D eigenvalue weighted by Crippen LogP contribution is -1.88. The molecule has 2 aromatic carbocycles. The van der Waals surface area contributed by atoms with Crippen LogP contribution in [0, 0.1) is 5.82 Å². The standard InChI is InChI=1S/C13H8Br2ClFO/c14-7-8-1-3-9(4-2-8)18-13-6-12(17)11(16)5-10(13)15/h1-6H,7H2. The number of halogens is 4. The zero-order chi connectivity index (χ0) is 13.1. The highest BCUT2D eigenvalue weighted by molar-refractivity contribution is 9.10. The lowest BCUT2D eigenvalue weighted by Gasteiger charge is -2.09. The Balaban J connectivity index is 2.25. The molecule has 0 radical (unpaired) electrons. The normalized spacial score (nSPS) is 10.4. The number of ether oxygens (including phenoxy) is 1. The summed E-state index contributed by atoms with van der Waals surface area (Å²) in [6.07, 6.45) is 0. The van der Waals surface area contributed by atoms with Crippen LogP contribution in [0.4, 0.5) is 4.39 Å². The second kappa shape index (κ2) is 6.04. The van der Waals surface area contributed by atoms with Crippen LogP contribution < -0.4 is 4.74 Å². The molecule has 0 heterocycles. The minimum Gasteiger partial charge on any atom is -0.456 e. The maximum absolute atomic E-state index is 13.3. The smallest absolute Gasteiger partial charge is 0.145 e. The van der Waals surface area contributed by atoms with E-state index in [2.05, 4.69) is 31.9 Å². The van der Waals surface area contributed by atoms with Crippen LogP contribution >= 0.6 is 43.5 Å². The first kappa shape index (κ1) is 13.8. The van der Waals surface area contributed by atoms with Gasteiger partial charge in [0.25, 0.3) is 0 Å². The third-order valence-corrected chi connectivity index (χ3v) is 3.84. The number of rotatable bonds is 3. The van der Waals surface area contributed by atoms with E-state index in [9.17, 15) is 4.39 Å². The van der Waals surface area contributed by atoms with Gasteiger partial charge >= 0.3 is 0 Å². The Morgan fingerprint density at radius 3 is 2.44 bits per heavy atom. The van der Waals surface area contributed by atoms with Crippen LogP contribution in [0.3, 0.4) is 0 Å². The topological polar surface area (TPSA) is 9.23 Å². The van der Waals surface area contributed by atoms with Gasteiger partial charge in [0, 0.05) is 11.4 Å². The van der Waals surface area contributed by atoms with Crippen molar-refractivity contribution in [3.63, 3.8) is 0 Å². The van der Waals surface area contributed by atoms with E-state index >= 15 is 0 Å². The van der Waals surface area contributed by atoms with Crippen molar-refractivity contribution in [1.82, 2.24) is 0 Å². The van der Waals surface area contributed by atoms with E-state index in [0.29, 0.717) is 16.0 Å². The number of benzene rings is 2. The molecular weight excluding hydrogens is 386 g/mol. The van der Waals surface area contributed by atoms with Crippen LogP contribution in [-0.2, 0) is 5.33 Å². The van der Waals surface area contributed by atoms with Crippen LogP contribution in [0.5, 0.6) is 11.5 Å². The Kier molecular flexibility index (Phi) is 4.65. The van der Waals surface area contributed by atoms with Crippen molar-refractivity contribution in [2.24, 2.45) is 0 Å². The van der Waals surface area contributed by atoms with Gasteiger partial charge in [-0.05, 0) is 39.7 Å². The van der Waals surface area contributed by atoms with Gasteiger partial charge < -0.3 is 4.74 Å². The van der Waals surface area contributed by atoms with Crippen molar-refractivity contribution in [1.29, 1.82) is 0 Å².